The smallest absolute Gasteiger partial charge is 0.131 e. The summed E-state index contributed by atoms with van der Waals surface area (Å²) < 4.78 is 11.8. The highest BCUT2D eigenvalue weighted by molar-refractivity contribution is 6.34. The van der Waals surface area contributed by atoms with Crippen molar-refractivity contribution in [3.8, 4) is 11.1 Å². The number of nitrogens with zero attached hydrogens (tertiary/aromatic N) is 3. The van der Waals surface area contributed by atoms with Crippen LogP contribution < -0.4 is 0 Å². The summed E-state index contributed by atoms with van der Waals surface area (Å²) in [7, 11) is 0. The molecular weight excluding hydrogens is 469 g/mol. The molecule has 34 heavy (non-hydrogen) atoms. The van der Waals surface area contributed by atoms with Crippen molar-refractivity contribution in [3.05, 3.63) is 106 Å². The van der Waals surface area contributed by atoms with Crippen molar-refractivity contribution in [1.82, 2.24) is 15.0 Å². The molecule has 4 aromatic rings. The maximum absolute atomic E-state index is 6.84. The molecule has 4 heterocycles. The molecule has 1 saturated heterocycles. The second-order valence-electron chi connectivity index (χ2n) is 9.01. The van der Waals surface area contributed by atoms with Gasteiger partial charge in [-0.15, -0.1) is 0 Å². The number of pyridine rings is 1. The Labute approximate surface area is 208 Å². The molecule has 0 N–H and O–H groups in total. The molecule has 1 atom stereocenters. The van der Waals surface area contributed by atoms with E-state index in [0.717, 1.165) is 54.9 Å². The van der Waals surface area contributed by atoms with Crippen molar-refractivity contribution < 1.29 is 9.26 Å². The summed E-state index contributed by atoms with van der Waals surface area (Å²) in [5.41, 5.74) is 6.19. The molecule has 0 aliphatic carbocycles. The molecule has 6 rings (SSSR count). The summed E-state index contributed by atoms with van der Waals surface area (Å²) in [5.74, 6) is 0. The van der Waals surface area contributed by atoms with Crippen LogP contribution in [-0.4, -0.2) is 28.1 Å². The third-order valence-electron chi connectivity index (χ3n) is 6.90. The Balaban J connectivity index is 1.18. The van der Waals surface area contributed by atoms with Gasteiger partial charge < -0.3 is 9.26 Å². The summed E-state index contributed by atoms with van der Waals surface area (Å²) >= 11 is 12.6. The van der Waals surface area contributed by atoms with Crippen molar-refractivity contribution in [2.45, 2.75) is 31.1 Å². The molecule has 1 fully saturated rings. The SMILES string of the molecule is Clc1cc(Cl)cc(C2OC3(CCN(Cc4ccc(-c5cnoc5)cn4)CC3)c3ccccc32)c1. The van der Waals surface area contributed by atoms with Gasteiger partial charge in [0.25, 0.3) is 0 Å². The Morgan fingerprint density at radius 2 is 1.74 bits per heavy atom. The Bertz CT molecular complexity index is 1280. The molecular formula is C27H23Cl2N3O2. The molecule has 1 unspecified atom stereocenters. The minimum atomic E-state index is -0.294. The van der Waals surface area contributed by atoms with Crippen LogP contribution in [0.2, 0.25) is 10.0 Å². The minimum absolute atomic E-state index is 0.162. The van der Waals surface area contributed by atoms with Gasteiger partial charge in [-0.2, -0.15) is 0 Å². The van der Waals surface area contributed by atoms with Gasteiger partial charge in [0, 0.05) is 47.0 Å². The van der Waals surface area contributed by atoms with E-state index in [2.05, 4.69) is 51.4 Å². The number of fused-ring (bicyclic) bond motifs is 2. The minimum Gasteiger partial charge on any atom is -0.364 e. The predicted octanol–water partition coefficient (Wildman–Crippen LogP) is 6.65. The molecule has 0 amide bonds. The lowest BCUT2D eigenvalue weighted by atomic mass is 9.83. The second kappa shape index (κ2) is 8.82. The van der Waals surface area contributed by atoms with Crippen molar-refractivity contribution in [1.29, 1.82) is 0 Å². The van der Waals surface area contributed by atoms with E-state index in [4.69, 9.17) is 32.5 Å². The highest BCUT2D eigenvalue weighted by Crippen LogP contribution is 2.51. The zero-order valence-corrected chi connectivity index (χ0v) is 20.0. The predicted molar refractivity (Wildman–Crippen MR) is 132 cm³/mol. The standard InChI is InChI=1S/C27H23Cl2N3O2/c28-21-11-19(12-22(29)13-21)26-24-3-1-2-4-25(24)27(34-26)7-9-32(10-8-27)16-23-6-5-18(14-30-23)20-15-31-33-17-20/h1-6,11-15,17,26H,7-10,16H2. The number of hydrogen-bond acceptors (Lipinski definition) is 5. The van der Waals surface area contributed by atoms with Gasteiger partial charge in [-0.1, -0.05) is 58.7 Å². The highest BCUT2D eigenvalue weighted by Gasteiger charge is 2.47. The zero-order valence-electron chi connectivity index (χ0n) is 18.5. The fourth-order valence-corrected chi connectivity index (χ4v) is 5.74. The molecule has 2 aliphatic heterocycles. The summed E-state index contributed by atoms with van der Waals surface area (Å²) in [6, 6.07) is 18.4. The first-order chi connectivity index (χ1) is 16.6. The number of rotatable bonds is 4. The van der Waals surface area contributed by atoms with Gasteiger partial charge >= 0.3 is 0 Å². The van der Waals surface area contributed by atoms with Crippen LogP contribution in [0.4, 0.5) is 0 Å². The molecule has 0 saturated carbocycles. The van der Waals surface area contributed by atoms with Crippen molar-refractivity contribution in [2.24, 2.45) is 0 Å². The normalized spacial score (nSPS) is 19.4. The molecule has 0 radical (unpaired) electrons. The first kappa shape index (κ1) is 21.8. The molecule has 0 bridgehead atoms. The van der Waals surface area contributed by atoms with Gasteiger partial charge in [0.15, 0.2) is 0 Å². The molecule has 2 aromatic carbocycles. The van der Waals surface area contributed by atoms with Gasteiger partial charge in [0.05, 0.1) is 17.5 Å². The van der Waals surface area contributed by atoms with E-state index < -0.39 is 0 Å². The van der Waals surface area contributed by atoms with Crippen LogP contribution in [0.3, 0.4) is 0 Å². The van der Waals surface area contributed by atoms with Crippen LogP contribution in [0.1, 0.15) is 41.3 Å². The van der Waals surface area contributed by atoms with E-state index >= 15 is 0 Å². The number of halogens is 2. The number of likely N-dealkylation sites (tertiary alicyclic amines) is 1. The van der Waals surface area contributed by atoms with Crippen LogP contribution in [0.5, 0.6) is 0 Å². The Hall–Kier alpha value is -2.70. The van der Waals surface area contributed by atoms with Gasteiger partial charge in [0.2, 0.25) is 0 Å². The summed E-state index contributed by atoms with van der Waals surface area (Å²) in [4.78, 5) is 7.10. The molecule has 7 heteroatoms. The van der Waals surface area contributed by atoms with E-state index in [1.807, 2.05) is 18.3 Å². The van der Waals surface area contributed by atoms with Gasteiger partial charge in [0.1, 0.15) is 12.4 Å². The Morgan fingerprint density at radius 3 is 2.44 bits per heavy atom. The molecule has 1 spiro atoms. The average molecular weight is 492 g/mol. The van der Waals surface area contributed by atoms with Crippen LogP contribution in [0, 0.1) is 0 Å². The average Bonchev–Trinajstić information content (AvgIpc) is 3.49. The number of ether oxygens (including phenoxy) is 1. The molecule has 172 valence electrons. The third-order valence-corrected chi connectivity index (χ3v) is 7.34. The second-order valence-corrected chi connectivity index (χ2v) is 9.88. The van der Waals surface area contributed by atoms with Crippen molar-refractivity contribution >= 4 is 23.2 Å². The van der Waals surface area contributed by atoms with Gasteiger partial charge in [-0.25, -0.2) is 0 Å². The molecule has 2 aliphatic rings. The van der Waals surface area contributed by atoms with Gasteiger partial charge in [-0.05, 0) is 53.8 Å². The Kier molecular flexibility index (Phi) is 5.66. The maximum atomic E-state index is 6.84. The zero-order chi connectivity index (χ0) is 23.1. The number of aromatic nitrogens is 2. The van der Waals surface area contributed by atoms with Crippen molar-refractivity contribution in [3.63, 3.8) is 0 Å². The van der Waals surface area contributed by atoms with E-state index in [0.29, 0.717) is 10.0 Å². The summed E-state index contributed by atoms with van der Waals surface area (Å²) in [5, 5.41) is 5.02. The van der Waals surface area contributed by atoms with Crippen LogP contribution in [-0.2, 0) is 16.9 Å². The lowest BCUT2D eigenvalue weighted by molar-refractivity contribution is -0.0979. The topological polar surface area (TPSA) is 51.4 Å². The van der Waals surface area contributed by atoms with Crippen molar-refractivity contribution in [2.75, 3.05) is 13.1 Å². The van der Waals surface area contributed by atoms with E-state index in [-0.39, 0.29) is 11.7 Å². The monoisotopic (exact) mass is 491 g/mol. The van der Waals surface area contributed by atoms with Crippen LogP contribution >= 0.6 is 23.2 Å². The quantitative estimate of drug-likeness (QED) is 0.319. The fourth-order valence-electron chi connectivity index (χ4n) is 5.19. The van der Waals surface area contributed by atoms with Crippen LogP contribution in [0.25, 0.3) is 11.1 Å². The van der Waals surface area contributed by atoms with E-state index in [1.165, 1.54) is 11.1 Å². The van der Waals surface area contributed by atoms with Gasteiger partial charge in [-0.3, -0.25) is 9.88 Å². The summed E-state index contributed by atoms with van der Waals surface area (Å²) in [6.45, 7) is 2.69. The largest absolute Gasteiger partial charge is 0.364 e. The lowest BCUT2D eigenvalue weighted by Gasteiger charge is -2.39. The highest BCUT2D eigenvalue weighted by atomic mass is 35.5. The Morgan fingerprint density at radius 1 is 0.941 bits per heavy atom. The fraction of sp³-hybridized carbons (Fsp3) is 0.259. The molecule has 5 nitrogen and oxygen atoms in total. The molecule has 2 aromatic heterocycles. The number of hydrogen-bond donors (Lipinski definition) is 0. The first-order valence-electron chi connectivity index (χ1n) is 11.4. The third kappa shape index (κ3) is 4.03. The van der Waals surface area contributed by atoms with E-state index in [1.54, 1.807) is 18.5 Å². The number of benzene rings is 2. The summed E-state index contributed by atoms with van der Waals surface area (Å²) in [6.07, 6.45) is 6.90. The maximum Gasteiger partial charge on any atom is 0.131 e. The first-order valence-corrected chi connectivity index (χ1v) is 12.2. The van der Waals surface area contributed by atoms with E-state index in [9.17, 15) is 0 Å². The lowest BCUT2D eigenvalue weighted by Crippen LogP contribution is -2.42. The van der Waals surface area contributed by atoms with Crippen LogP contribution in [0.15, 0.2) is 77.8 Å². The number of piperidine rings is 1.